The maximum atomic E-state index is 12.4. The molecule has 1 unspecified atom stereocenters. The molecule has 25 heavy (non-hydrogen) atoms. The first kappa shape index (κ1) is 17.9. The summed E-state index contributed by atoms with van der Waals surface area (Å²) >= 11 is 1.44. The zero-order valence-electron chi connectivity index (χ0n) is 14.8. The van der Waals surface area contributed by atoms with E-state index in [1.54, 1.807) is 12.4 Å². The van der Waals surface area contributed by atoms with Crippen LogP contribution in [0.4, 0.5) is 0 Å². The highest BCUT2D eigenvalue weighted by atomic mass is 32.2. The topological polar surface area (TPSA) is 72.7 Å². The van der Waals surface area contributed by atoms with Gasteiger partial charge in [-0.15, -0.1) is 10.2 Å². The molecule has 2 aromatic rings. The average molecular weight is 359 g/mol. The molecule has 1 fully saturated rings. The second-order valence-electron chi connectivity index (χ2n) is 6.62. The van der Waals surface area contributed by atoms with E-state index in [0.717, 1.165) is 23.1 Å². The molecular weight excluding hydrogens is 334 g/mol. The number of rotatable bonds is 6. The highest BCUT2D eigenvalue weighted by molar-refractivity contribution is 8.00. The van der Waals surface area contributed by atoms with E-state index in [0.29, 0.717) is 5.92 Å². The molecule has 3 rings (SSSR count). The summed E-state index contributed by atoms with van der Waals surface area (Å²) in [5, 5.41) is 12.1. The summed E-state index contributed by atoms with van der Waals surface area (Å²) in [6.07, 6.45) is 9.88. The van der Waals surface area contributed by atoms with Gasteiger partial charge in [-0.2, -0.15) is 0 Å². The van der Waals surface area contributed by atoms with Crippen molar-refractivity contribution in [1.29, 1.82) is 0 Å². The Labute approximate surface area is 152 Å². The molecule has 0 aromatic carbocycles. The van der Waals surface area contributed by atoms with Crippen LogP contribution >= 0.6 is 11.8 Å². The molecule has 1 aliphatic rings. The third-order valence-corrected chi connectivity index (χ3v) is 5.83. The van der Waals surface area contributed by atoms with Crippen LogP contribution in [-0.2, 0) is 11.8 Å². The summed E-state index contributed by atoms with van der Waals surface area (Å²) in [5.41, 5.74) is 0.916. The van der Waals surface area contributed by atoms with E-state index in [4.69, 9.17) is 0 Å². The van der Waals surface area contributed by atoms with Gasteiger partial charge >= 0.3 is 0 Å². The number of hydrogen-bond donors (Lipinski definition) is 1. The standard InChI is InChI=1S/C18H25N5OS/c1-13(17(24)20-11-14-7-4-3-5-8-14)25-18-22-21-16(23(18)2)15-9-6-10-19-12-15/h6,9-10,12-14H,3-5,7-8,11H2,1-2H3,(H,20,24). The highest BCUT2D eigenvalue weighted by Gasteiger charge is 2.21. The summed E-state index contributed by atoms with van der Waals surface area (Å²) in [4.78, 5) is 16.5. The minimum Gasteiger partial charge on any atom is -0.355 e. The normalized spacial score (nSPS) is 16.6. The molecule has 1 amide bonds. The van der Waals surface area contributed by atoms with Crippen LogP contribution in [0.1, 0.15) is 39.0 Å². The van der Waals surface area contributed by atoms with E-state index in [2.05, 4.69) is 20.5 Å². The Hall–Kier alpha value is -1.89. The Bertz CT molecular complexity index is 697. The monoisotopic (exact) mass is 359 g/mol. The molecule has 1 atom stereocenters. The molecule has 0 aliphatic heterocycles. The van der Waals surface area contributed by atoms with Crippen LogP contribution in [0, 0.1) is 5.92 Å². The molecule has 0 radical (unpaired) electrons. The summed E-state index contributed by atoms with van der Waals surface area (Å²) < 4.78 is 1.91. The van der Waals surface area contributed by atoms with Crippen LogP contribution in [-0.4, -0.2) is 37.5 Å². The number of aromatic nitrogens is 4. The second kappa shape index (κ2) is 8.47. The Balaban J connectivity index is 1.56. The van der Waals surface area contributed by atoms with Crippen molar-refractivity contribution in [3.8, 4) is 11.4 Å². The Kier molecular flexibility index (Phi) is 6.07. The molecule has 0 spiro atoms. The SMILES string of the molecule is CC(Sc1nnc(-c2cccnc2)n1C)C(=O)NCC1CCCCC1. The maximum Gasteiger partial charge on any atom is 0.233 e. The van der Waals surface area contributed by atoms with E-state index >= 15 is 0 Å². The third-order valence-electron chi connectivity index (χ3n) is 4.70. The van der Waals surface area contributed by atoms with E-state index in [1.165, 1.54) is 43.9 Å². The molecule has 0 saturated heterocycles. The Morgan fingerprint density at radius 1 is 1.36 bits per heavy atom. The predicted octanol–water partition coefficient (Wildman–Crippen LogP) is 3.05. The summed E-state index contributed by atoms with van der Waals surface area (Å²) in [6, 6.07) is 3.82. The zero-order chi connectivity index (χ0) is 17.6. The fourth-order valence-electron chi connectivity index (χ4n) is 3.16. The van der Waals surface area contributed by atoms with Gasteiger partial charge in [0.2, 0.25) is 5.91 Å². The number of nitrogens with one attached hydrogen (secondary N) is 1. The Morgan fingerprint density at radius 3 is 2.88 bits per heavy atom. The van der Waals surface area contributed by atoms with Crippen molar-refractivity contribution in [1.82, 2.24) is 25.1 Å². The number of pyridine rings is 1. The van der Waals surface area contributed by atoms with Crippen molar-refractivity contribution >= 4 is 17.7 Å². The third kappa shape index (κ3) is 4.60. The quantitative estimate of drug-likeness (QED) is 0.803. The lowest BCUT2D eigenvalue weighted by atomic mass is 9.89. The van der Waals surface area contributed by atoms with Gasteiger partial charge < -0.3 is 9.88 Å². The van der Waals surface area contributed by atoms with Gasteiger partial charge in [0.1, 0.15) is 0 Å². The minimum absolute atomic E-state index is 0.0708. The van der Waals surface area contributed by atoms with Crippen molar-refractivity contribution in [3.63, 3.8) is 0 Å². The molecule has 7 heteroatoms. The molecule has 1 saturated carbocycles. The first-order valence-corrected chi connectivity index (χ1v) is 9.77. The van der Waals surface area contributed by atoms with Gasteiger partial charge in [0, 0.05) is 31.5 Å². The average Bonchev–Trinajstić information content (AvgIpc) is 3.01. The fraction of sp³-hybridized carbons (Fsp3) is 0.556. The molecule has 6 nitrogen and oxygen atoms in total. The zero-order valence-corrected chi connectivity index (χ0v) is 15.6. The van der Waals surface area contributed by atoms with Crippen LogP contribution in [0.5, 0.6) is 0 Å². The minimum atomic E-state index is -0.201. The molecule has 134 valence electrons. The van der Waals surface area contributed by atoms with E-state index in [1.807, 2.05) is 30.7 Å². The lowest BCUT2D eigenvalue weighted by molar-refractivity contribution is -0.120. The summed E-state index contributed by atoms with van der Waals surface area (Å²) in [6.45, 7) is 2.71. The van der Waals surface area contributed by atoms with Crippen molar-refractivity contribution in [2.75, 3.05) is 6.54 Å². The van der Waals surface area contributed by atoms with E-state index < -0.39 is 0 Å². The number of carbonyl (C=O) groups excluding carboxylic acids is 1. The van der Waals surface area contributed by atoms with Gasteiger partial charge in [0.05, 0.1) is 5.25 Å². The molecule has 1 N–H and O–H groups in total. The lowest BCUT2D eigenvalue weighted by Gasteiger charge is -2.22. The van der Waals surface area contributed by atoms with Crippen LogP contribution in [0.25, 0.3) is 11.4 Å². The van der Waals surface area contributed by atoms with Gasteiger partial charge in [-0.05, 0) is 37.8 Å². The van der Waals surface area contributed by atoms with Crippen molar-refractivity contribution in [2.45, 2.75) is 49.4 Å². The van der Waals surface area contributed by atoms with Gasteiger partial charge in [-0.25, -0.2) is 0 Å². The molecular formula is C18H25N5OS. The number of thioether (sulfide) groups is 1. The van der Waals surface area contributed by atoms with Crippen LogP contribution in [0.2, 0.25) is 0 Å². The molecule has 1 aliphatic carbocycles. The first-order valence-electron chi connectivity index (χ1n) is 8.89. The van der Waals surface area contributed by atoms with Crippen LogP contribution in [0.15, 0.2) is 29.7 Å². The van der Waals surface area contributed by atoms with Crippen LogP contribution in [0.3, 0.4) is 0 Å². The van der Waals surface area contributed by atoms with Gasteiger partial charge in [-0.3, -0.25) is 9.78 Å². The lowest BCUT2D eigenvalue weighted by Crippen LogP contribution is -2.35. The fourth-order valence-corrected chi connectivity index (χ4v) is 3.99. The van der Waals surface area contributed by atoms with E-state index in [-0.39, 0.29) is 11.2 Å². The van der Waals surface area contributed by atoms with E-state index in [9.17, 15) is 4.79 Å². The Morgan fingerprint density at radius 2 is 2.16 bits per heavy atom. The second-order valence-corrected chi connectivity index (χ2v) is 7.92. The van der Waals surface area contributed by atoms with Crippen LogP contribution < -0.4 is 5.32 Å². The van der Waals surface area contributed by atoms with Crippen molar-refractivity contribution < 1.29 is 4.79 Å². The van der Waals surface area contributed by atoms with Gasteiger partial charge in [0.25, 0.3) is 0 Å². The first-order chi connectivity index (χ1) is 12.1. The molecule has 2 heterocycles. The number of nitrogens with zero attached hydrogens (tertiary/aromatic N) is 4. The number of hydrogen-bond acceptors (Lipinski definition) is 5. The van der Waals surface area contributed by atoms with Crippen molar-refractivity contribution in [3.05, 3.63) is 24.5 Å². The number of amides is 1. The highest BCUT2D eigenvalue weighted by Crippen LogP contribution is 2.26. The van der Waals surface area contributed by atoms with Gasteiger partial charge in [0.15, 0.2) is 11.0 Å². The summed E-state index contributed by atoms with van der Waals surface area (Å²) in [5.74, 6) is 1.47. The predicted molar refractivity (Wildman–Crippen MR) is 99.1 cm³/mol. The maximum absolute atomic E-state index is 12.4. The van der Waals surface area contributed by atoms with Gasteiger partial charge in [-0.1, -0.05) is 31.0 Å². The smallest absolute Gasteiger partial charge is 0.233 e. The molecule has 2 aromatic heterocycles. The van der Waals surface area contributed by atoms with Crippen molar-refractivity contribution in [2.24, 2.45) is 13.0 Å². The number of carbonyl (C=O) groups is 1. The molecule has 0 bridgehead atoms. The summed E-state index contributed by atoms with van der Waals surface area (Å²) in [7, 11) is 1.91. The largest absolute Gasteiger partial charge is 0.355 e.